The van der Waals surface area contributed by atoms with E-state index in [4.69, 9.17) is 5.73 Å². The normalized spacial score (nSPS) is 11.1. The molecule has 14 heavy (non-hydrogen) atoms. The second kappa shape index (κ2) is 3.42. The monoisotopic (exact) mass is 189 g/mol. The van der Waals surface area contributed by atoms with Gasteiger partial charge in [-0.25, -0.2) is 4.98 Å². The van der Waals surface area contributed by atoms with Crippen LogP contribution in [0.5, 0.6) is 0 Å². The van der Waals surface area contributed by atoms with Gasteiger partial charge < -0.3 is 10.3 Å². The second-order valence-electron chi connectivity index (χ2n) is 3.63. The first-order valence-electron chi connectivity index (χ1n) is 4.83. The van der Waals surface area contributed by atoms with Gasteiger partial charge in [0.15, 0.2) is 0 Å². The zero-order valence-corrected chi connectivity index (χ0v) is 8.62. The van der Waals surface area contributed by atoms with Crippen LogP contribution < -0.4 is 5.73 Å². The van der Waals surface area contributed by atoms with Crippen molar-refractivity contribution in [3.63, 3.8) is 0 Å². The largest absolute Gasteiger partial charge is 0.335 e. The molecule has 2 heterocycles. The van der Waals surface area contributed by atoms with Gasteiger partial charge in [0.2, 0.25) is 0 Å². The standard InChI is InChI=1S/C11H15N3/c1-8-4-6-13-11-10(8)9(3-5-12)7-14(11)2/h4,6-7H,3,5,12H2,1-2H3. The molecule has 0 fully saturated rings. The Bertz CT molecular complexity index is 457. The molecule has 0 saturated carbocycles. The van der Waals surface area contributed by atoms with E-state index in [1.165, 1.54) is 16.5 Å². The summed E-state index contributed by atoms with van der Waals surface area (Å²) in [4.78, 5) is 4.37. The van der Waals surface area contributed by atoms with Crippen molar-refractivity contribution in [3.05, 3.63) is 29.6 Å². The quantitative estimate of drug-likeness (QED) is 0.775. The van der Waals surface area contributed by atoms with Crippen LogP contribution in [0.25, 0.3) is 11.0 Å². The van der Waals surface area contributed by atoms with Crippen molar-refractivity contribution in [3.8, 4) is 0 Å². The first-order valence-corrected chi connectivity index (χ1v) is 4.83. The third kappa shape index (κ3) is 1.30. The van der Waals surface area contributed by atoms with Crippen LogP contribution in [0.15, 0.2) is 18.5 Å². The number of pyridine rings is 1. The number of fused-ring (bicyclic) bond motifs is 1. The van der Waals surface area contributed by atoms with Crippen LogP contribution in [0.4, 0.5) is 0 Å². The van der Waals surface area contributed by atoms with Gasteiger partial charge in [-0.05, 0) is 37.1 Å². The van der Waals surface area contributed by atoms with Crippen molar-refractivity contribution in [1.29, 1.82) is 0 Å². The maximum atomic E-state index is 5.58. The van der Waals surface area contributed by atoms with Crippen molar-refractivity contribution in [2.75, 3.05) is 6.54 Å². The fourth-order valence-corrected chi connectivity index (χ4v) is 1.91. The van der Waals surface area contributed by atoms with Gasteiger partial charge in [0.1, 0.15) is 5.65 Å². The molecule has 0 atom stereocenters. The molecule has 0 radical (unpaired) electrons. The Morgan fingerprint density at radius 1 is 1.50 bits per heavy atom. The van der Waals surface area contributed by atoms with Gasteiger partial charge in [0, 0.05) is 24.8 Å². The molecule has 0 aliphatic heterocycles. The zero-order valence-electron chi connectivity index (χ0n) is 8.62. The Morgan fingerprint density at radius 3 is 3.00 bits per heavy atom. The molecule has 3 nitrogen and oxygen atoms in total. The fourth-order valence-electron chi connectivity index (χ4n) is 1.91. The van der Waals surface area contributed by atoms with E-state index >= 15 is 0 Å². The molecule has 0 aliphatic carbocycles. The third-order valence-electron chi connectivity index (χ3n) is 2.56. The summed E-state index contributed by atoms with van der Waals surface area (Å²) in [5.41, 5.74) is 9.21. The summed E-state index contributed by atoms with van der Waals surface area (Å²) < 4.78 is 2.06. The molecule has 0 unspecified atom stereocenters. The second-order valence-corrected chi connectivity index (χ2v) is 3.63. The molecule has 2 rings (SSSR count). The number of hydrogen-bond acceptors (Lipinski definition) is 2. The van der Waals surface area contributed by atoms with Gasteiger partial charge in [-0.3, -0.25) is 0 Å². The van der Waals surface area contributed by atoms with Crippen LogP contribution in [-0.2, 0) is 13.5 Å². The van der Waals surface area contributed by atoms with E-state index in [0.717, 1.165) is 12.1 Å². The van der Waals surface area contributed by atoms with Crippen molar-refractivity contribution < 1.29 is 0 Å². The summed E-state index contributed by atoms with van der Waals surface area (Å²) in [5, 5.41) is 1.26. The highest BCUT2D eigenvalue weighted by molar-refractivity contribution is 5.83. The maximum Gasteiger partial charge on any atom is 0.140 e. The highest BCUT2D eigenvalue weighted by Crippen LogP contribution is 2.22. The van der Waals surface area contributed by atoms with Crippen LogP contribution >= 0.6 is 0 Å². The molecule has 0 saturated heterocycles. The summed E-state index contributed by atoms with van der Waals surface area (Å²) in [5.74, 6) is 0. The number of aryl methyl sites for hydroxylation is 2. The molecule has 2 N–H and O–H groups in total. The van der Waals surface area contributed by atoms with Crippen LogP contribution in [0.3, 0.4) is 0 Å². The fraction of sp³-hybridized carbons (Fsp3) is 0.364. The van der Waals surface area contributed by atoms with E-state index in [-0.39, 0.29) is 0 Å². The van der Waals surface area contributed by atoms with Gasteiger partial charge >= 0.3 is 0 Å². The Kier molecular flexibility index (Phi) is 2.25. The smallest absolute Gasteiger partial charge is 0.140 e. The molecular formula is C11H15N3. The molecule has 2 aromatic heterocycles. The minimum atomic E-state index is 0.688. The highest BCUT2D eigenvalue weighted by atomic mass is 15.0. The molecule has 0 bridgehead atoms. The predicted octanol–water partition coefficient (Wildman–Crippen LogP) is 1.38. The average molecular weight is 189 g/mol. The summed E-state index contributed by atoms with van der Waals surface area (Å²) in [7, 11) is 2.02. The first-order chi connectivity index (χ1) is 6.74. The number of nitrogens with zero attached hydrogens (tertiary/aromatic N) is 2. The van der Waals surface area contributed by atoms with E-state index in [2.05, 4.69) is 22.7 Å². The predicted molar refractivity (Wildman–Crippen MR) is 58.2 cm³/mol. The van der Waals surface area contributed by atoms with Crippen molar-refractivity contribution in [1.82, 2.24) is 9.55 Å². The molecule has 0 spiro atoms. The molecule has 2 aromatic rings. The van der Waals surface area contributed by atoms with Crippen LogP contribution in [0, 0.1) is 6.92 Å². The molecular weight excluding hydrogens is 174 g/mol. The van der Waals surface area contributed by atoms with Gasteiger partial charge in [-0.2, -0.15) is 0 Å². The highest BCUT2D eigenvalue weighted by Gasteiger charge is 2.08. The Labute approximate surface area is 83.6 Å². The lowest BCUT2D eigenvalue weighted by atomic mass is 10.1. The van der Waals surface area contributed by atoms with Crippen molar-refractivity contribution in [2.45, 2.75) is 13.3 Å². The summed E-state index contributed by atoms with van der Waals surface area (Å²) in [6, 6.07) is 2.04. The molecule has 74 valence electrons. The lowest BCUT2D eigenvalue weighted by molar-refractivity contribution is 0.919. The minimum absolute atomic E-state index is 0.688. The summed E-state index contributed by atoms with van der Waals surface area (Å²) >= 11 is 0. The van der Waals surface area contributed by atoms with Crippen LogP contribution in [0.1, 0.15) is 11.1 Å². The van der Waals surface area contributed by atoms with Crippen molar-refractivity contribution in [2.24, 2.45) is 12.8 Å². The van der Waals surface area contributed by atoms with E-state index < -0.39 is 0 Å². The lowest BCUT2D eigenvalue weighted by Gasteiger charge is -1.99. The first kappa shape index (κ1) is 9.21. The van der Waals surface area contributed by atoms with E-state index in [1.807, 2.05) is 19.3 Å². The molecule has 3 heteroatoms. The van der Waals surface area contributed by atoms with Crippen molar-refractivity contribution >= 4 is 11.0 Å². The Balaban J connectivity index is 2.72. The summed E-state index contributed by atoms with van der Waals surface area (Å²) in [6.07, 6.45) is 4.89. The zero-order chi connectivity index (χ0) is 10.1. The van der Waals surface area contributed by atoms with Crippen LogP contribution in [-0.4, -0.2) is 16.1 Å². The van der Waals surface area contributed by atoms with E-state index in [9.17, 15) is 0 Å². The van der Waals surface area contributed by atoms with Gasteiger partial charge in [0.05, 0.1) is 0 Å². The third-order valence-corrected chi connectivity index (χ3v) is 2.56. The lowest BCUT2D eigenvalue weighted by Crippen LogP contribution is -2.02. The number of hydrogen-bond donors (Lipinski definition) is 1. The van der Waals surface area contributed by atoms with Gasteiger partial charge in [-0.1, -0.05) is 0 Å². The number of rotatable bonds is 2. The van der Waals surface area contributed by atoms with Crippen LogP contribution in [0.2, 0.25) is 0 Å². The Hall–Kier alpha value is -1.35. The Morgan fingerprint density at radius 2 is 2.29 bits per heavy atom. The summed E-state index contributed by atoms with van der Waals surface area (Å²) in [6.45, 7) is 2.80. The molecule has 0 aromatic carbocycles. The maximum absolute atomic E-state index is 5.58. The van der Waals surface area contributed by atoms with Gasteiger partial charge in [-0.15, -0.1) is 0 Å². The van der Waals surface area contributed by atoms with E-state index in [0.29, 0.717) is 6.54 Å². The van der Waals surface area contributed by atoms with E-state index in [1.54, 1.807) is 0 Å². The SMILES string of the molecule is Cc1ccnc2c1c(CCN)cn2C. The average Bonchev–Trinajstić information content (AvgIpc) is 2.46. The molecule has 0 aliphatic rings. The number of nitrogens with two attached hydrogens (primary N) is 1. The minimum Gasteiger partial charge on any atom is -0.335 e. The number of aromatic nitrogens is 2. The topological polar surface area (TPSA) is 43.8 Å². The van der Waals surface area contributed by atoms with Gasteiger partial charge in [0.25, 0.3) is 0 Å². The molecule has 0 amide bonds.